The average Bonchev–Trinajstić information content (AvgIpc) is 2.93. The van der Waals surface area contributed by atoms with Crippen LogP contribution in [0.5, 0.6) is 0 Å². The van der Waals surface area contributed by atoms with Gasteiger partial charge in [-0.15, -0.1) is 11.3 Å². The Bertz CT molecular complexity index is 488. The largest absolute Gasteiger partial charge is 0.444 e. The predicted octanol–water partition coefficient (Wildman–Crippen LogP) is 2.86. The summed E-state index contributed by atoms with van der Waals surface area (Å²) in [5.74, 6) is 0. The zero-order valence-electron chi connectivity index (χ0n) is 13.5. The molecular weight excluding hydrogens is 286 g/mol. The van der Waals surface area contributed by atoms with Crippen molar-refractivity contribution < 1.29 is 9.53 Å². The first-order valence-corrected chi connectivity index (χ1v) is 8.20. The number of carbonyl (C=O) groups excluding carboxylic acids is 1. The summed E-state index contributed by atoms with van der Waals surface area (Å²) in [6.07, 6.45) is 0.746. The Morgan fingerprint density at radius 2 is 2.19 bits per heavy atom. The second-order valence-electron chi connectivity index (χ2n) is 6.54. The predicted molar refractivity (Wildman–Crippen MR) is 84.6 cm³/mol. The van der Waals surface area contributed by atoms with E-state index in [1.54, 1.807) is 16.2 Å². The fraction of sp³-hybridized carbons (Fsp3) is 0.733. The zero-order chi connectivity index (χ0) is 15.6. The lowest BCUT2D eigenvalue weighted by molar-refractivity contribution is 0.0291. The van der Waals surface area contributed by atoms with E-state index in [9.17, 15) is 4.79 Å². The van der Waals surface area contributed by atoms with Crippen molar-refractivity contribution >= 4 is 17.4 Å². The molecule has 6 heteroatoms. The first-order chi connectivity index (χ1) is 9.74. The van der Waals surface area contributed by atoms with E-state index in [2.05, 4.69) is 17.2 Å². The molecule has 1 N–H and O–H groups in total. The molecule has 1 saturated heterocycles. The summed E-state index contributed by atoms with van der Waals surface area (Å²) in [5.41, 5.74) is 0.678. The molecule has 1 fully saturated rings. The van der Waals surface area contributed by atoms with Crippen LogP contribution in [0.15, 0.2) is 0 Å². The van der Waals surface area contributed by atoms with Crippen molar-refractivity contribution in [1.29, 1.82) is 0 Å². The molecule has 21 heavy (non-hydrogen) atoms. The lowest BCUT2D eigenvalue weighted by Gasteiger charge is -2.24. The van der Waals surface area contributed by atoms with Crippen molar-refractivity contribution in [3.8, 4) is 0 Å². The van der Waals surface area contributed by atoms with E-state index >= 15 is 0 Å². The first-order valence-electron chi connectivity index (χ1n) is 7.39. The van der Waals surface area contributed by atoms with Crippen LogP contribution in [0.4, 0.5) is 4.79 Å². The van der Waals surface area contributed by atoms with Gasteiger partial charge in [0.15, 0.2) is 0 Å². The minimum absolute atomic E-state index is 0.215. The number of rotatable bonds is 3. The average molecular weight is 311 g/mol. The van der Waals surface area contributed by atoms with Gasteiger partial charge in [0.1, 0.15) is 10.6 Å². The highest BCUT2D eigenvalue weighted by Gasteiger charge is 2.29. The van der Waals surface area contributed by atoms with E-state index in [0.717, 1.165) is 30.2 Å². The molecule has 2 rings (SSSR count). The molecule has 1 atom stereocenters. The number of aryl methyl sites for hydroxylation is 2. The van der Waals surface area contributed by atoms with Gasteiger partial charge in [0, 0.05) is 30.6 Å². The number of likely N-dealkylation sites (tertiary alicyclic amines) is 1. The van der Waals surface area contributed by atoms with Gasteiger partial charge in [-0.1, -0.05) is 0 Å². The number of nitrogens with one attached hydrogen (secondary N) is 1. The summed E-state index contributed by atoms with van der Waals surface area (Å²) in [5, 5.41) is 4.60. The van der Waals surface area contributed by atoms with E-state index < -0.39 is 5.60 Å². The quantitative estimate of drug-likeness (QED) is 0.932. The van der Waals surface area contributed by atoms with Crippen LogP contribution in [0.25, 0.3) is 0 Å². The maximum atomic E-state index is 12.0. The third-order valence-electron chi connectivity index (χ3n) is 3.45. The Morgan fingerprint density at radius 1 is 1.48 bits per heavy atom. The standard InChI is InChI=1S/C15H25N3O2S/c1-10-11(2)21-13(17-10)8-16-12-6-7-18(9-12)14(19)20-15(3,4)5/h12,16H,6-9H2,1-5H3/t12-/m0/s1. The summed E-state index contributed by atoms with van der Waals surface area (Å²) in [6, 6.07) is 0.321. The summed E-state index contributed by atoms with van der Waals surface area (Å²) >= 11 is 1.73. The van der Waals surface area contributed by atoms with Crippen LogP contribution < -0.4 is 5.32 Å². The summed E-state index contributed by atoms with van der Waals surface area (Å²) < 4.78 is 5.40. The van der Waals surface area contributed by atoms with Gasteiger partial charge in [0.25, 0.3) is 0 Å². The summed E-state index contributed by atoms with van der Waals surface area (Å²) in [6.45, 7) is 12.0. The van der Waals surface area contributed by atoms with Gasteiger partial charge < -0.3 is 15.0 Å². The number of amides is 1. The van der Waals surface area contributed by atoms with E-state index in [-0.39, 0.29) is 6.09 Å². The van der Waals surface area contributed by atoms with Crippen LogP contribution in [0, 0.1) is 13.8 Å². The molecule has 2 heterocycles. The Kier molecular flexibility index (Phi) is 4.88. The van der Waals surface area contributed by atoms with E-state index in [1.807, 2.05) is 27.7 Å². The molecule has 1 aromatic heterocycles. The first kappa shape index (κ1) is 16.2. The molecule has 0 saturated carbocycles. The van der Waals surface area contributed by atoms with Crippen LogP contribution in [0.1, 0.15) is 42.8 Å². The Labute approximate surface area is 130 Å². The second-order valence-corrected chi connectivity index (χ2v) is 7.83. The Morgan fingerprint density at radius 3 is 2.76 bits per heavy atom. The van der Waals surface area contributed by atoms with E-state index in [0.29, 0.717) is 12.6 Å². The van der Waals surface area contributed by atoms with Crippen molar-refractivity contribution in [2.75, 3.05) is 13.1 Å². The van der Waals surface area contributed by atoms with Gasteiger partial charge in [-0.3, -0.25) is 0 Å². The number of aromatic nitrogens is 1. The molecule has 1 aromatic rings. The molecule has 0 radical (unpaired) electrons. The molecule has 0 bridgehead atoms. The number of carbonyl (C=O) groups is 1. The van der Waals surface area contributed by atoms with Gasteiger partial charge in [0.2, 0.25) is 0 Å². The Balaban J connectivity index is 1.79. The van der Waals surface area contributed by atoms with E-state index in [4.69, 9.17) is 4.74 Å². The SMILES string of the molecule is Cc1nc(CN[C@H]2CCN(C(=O)OC(C)(C)C)C2)sc1C. The zero-order valence-corrected chi connectivity index (χ0v) is 14.3. The van der Waals surface area contributed by atoms with Gasteiger partial charge >= 0.3 is 6.09 Å². The normalized spacial score (nSPS) is 19.1. The molecule has 0 spiro atoms. The smallest absolute Gasteiger partial charge is 0.410 e. The van der Waals surface area contributed by atoms with Gasteiger partial charge in [0.05, 0.1) is 5.69 Å². The lowest BCUT2D eigenvalue weighted by Crippen LogP contribution is -2.38. The van der Waals surface area contributed by atoms with Crippen molar-refractivity contribution in [2.24, 2.45) is 0 Å². The van der Waals surface area contributed by atoms with Gasteiger partial charge in [-0.25, -0.2) is 9.78 Å². The maximum Gasteiger partial charge on any atom is 0.410 e. The maximum absolute atomic E-state index is 12.0. The van der Waals surface area contributed by atoms with Crippen molar-refractivity contribution in [3.63, 3.8) is 0 Å². The highest BCUT2D eigenvalue weighted by molar-refractivity contribution is 7.11. The minimum atomic E-state index is -0.432. The molecule has 118 valence electrons. The molecule has 0 aromatic carbocycles. The number of hydrogen-bond donors (Lipinski definition) is 1. The van der Waals surface area contributed by atoms with Crippen LogP contribution >= 0.6 is 11.3 Å². The van der Waals surface area contributed by atoms with Crippen LogP contribution in [0.3, 0.4) is 0 Å². The van der Waals surface area contributed by atoms with Gasteiger partial charge in [-0.2, -0.15) is 0 Å². The van der Waals surface area contributed by atoms with E-state index in [1.165, 1.54) is 4.88 Å². The van der Waals surface area contributed by atoms with Crippen LogP contribution in [-0.4, -0.2) is 40.7 Å². The molecule has 1 aliphatic heterocycles. The second kappa shape index (κ2) is 6.32. The van der Waals surface area contributed by atoms with Crippen molar-refractivity contribution in [2.45, 2.75) is 59.2 Å². The van der Waals surface area contributed by atoms with Crippen LogP contribution in [0.2, 0.25) is 0 Å². The molecule has 5 nitrogen and oxygen atoms in total. The molecule has 0 unspecified atom stereocenters. The lowest BCUT2D eigenvalue weighted by atomic mass is 10.2. The third kappa shape index (κ3) is 4.68. The topological polar surface area (TPSA) is 54.5 Å². The molecular formula is C15H25N3O2S. The molecule has 0 aliphatic carbocycles. The van der Waals surface area contributed by atoms with Crippen molar-refractivity contribution in [3.05, 3.63) is 15.6 Å². The monoisotopic (exact) mass is 311 g/mol. The highest BCUT2D eigenvalue weighted by Crippen LogP contribution is 2.18. The van der Waals surface area contributed by atoms with Crippen LogP contribution in [-0.2, 0) is 11.3 Å². The number of nitrogens with zero attached hydrogens (tertiary/aromatic N) is 2. The van der Waals surface area contributed by atoms with Gasteiger partial charge in [-0.05, 0) is 41.0 Å². The Hall–Kier alpha value is -1.14. The number of ether oxygens (including phenoxy) is 1. The number of hydrogen-bond acceptors (Lipinski definition) is 5. The minimum Gasteiger partial charge on any atom is -0.444 e. The van der Waals surface area contributed by atoms with Crippen molar-refractivity contribution in [1.82, 2.24) is 15.2 Å². The fourth-order valence-electron chi connectivity index (χ4n) is 2.27. The molecule has 1 aliphatic rings. The highest BCUT2D eigenvalue weighted by atomic mass is 32.1. The summed E-state index contributed by atoms with van der Waals surface area (Å²) in [7, 11) is 0. The molecule has 1 amide bonds. The number of thiazole rings is 1. The third-order valence-corrected chi connectivity index (χ3v) is 4.53. The summed E-state index contributed by atoms with van der Waals surface area (Å²) in [4.78, 5) is 19.6. The fourth-order valence-corrected chi connectivity index (χ4v) is 3.15.